The zero-order chi connectivity index (χ0) is 19.8. The molecule has 0 amide bonds. The van der Waals surface area contributed by atoms with Gasteiger partial charge in [0.2, 0.25) is 0 Å². The molecule has 0 aliphatic carbocycles. The van der Waals surface area contributed by atoms with Crippen LogP contribution >= 0.6 is 36.3 Å². The predicted octanol–water partition coefficient (Wildman–Crippen LogP) is 4.68. The van der Waals surface area contributed by atoms with Crippen LogP contribution in [0.5, 0.6) is 0 Å². The van der Waals surface area contributed by atoms with Gasteiger partial charge in [0.15, 0.2) is 0 Å². The van der Waals surface area contributed by atoms with Crippen molar-refractivity contribution < 1.29 is 17.7 Å². The first kappa shape index (κ1) is 22.2. The summed E-state index contributed by atoms with van der Waals surface area (Å²) < 4.78 is 6.23. The minimum atomic E-state index is -2.32. The molecule has 0 radical (unpaired) electrons. The van der Waals surface area contributed by atoms with Gasteiger partial charge in [-0.1, -0.05) is 0 Å². The molecule has 1 saturated heterocycles. The summed E-state index contributed by atoms with van der Waals surface area (Å²) in [6, 6.07) is 32.6. The summed E-state index contributed by atoms with van der Waals surface area (Å²) in [5.74, 6) is 0.0460. The molecule has 1 N–H and O–H groups in total. The third-order valence-corrected chi connectivity index (χ3v) is 9.69. The van der Waals surface area contributed by atoms with Crippen molar-refractivity contribution in [3.8, 4) is 0 Å². The van der Waals surface area contributed by atoms with Crippen molar-refractivity contribution in [2.45, 2.75) is 5.97 Å². The van der Waals surface area contributed by atoms with Crippen LogP contribution < -0.4 is 21.2 Å². The van der Waals surface area contributed by atoms with Crippen LogP contribution in [0.1, 0.15) is 0 Å². The summed E-state index contributed by atoms with van der Waals surface area (Å²) in [6.07, 6.45) is 0. The predicted molar refractivity (Wildman–Crippen MR) is 122 cm³/mol. The summed E-state index contributed by atoms with van der Waals surface area (Å²) in [4.78, 5) is 0. The van der Waals surface area contributed by atoms with Crippen LogP contribution in [0, 0.1) is 0 Å². The molecule has 0 aromatic heterocycles. The first-order chi connectivity index (χ1) is 13.7. The fourth-order valence-electron chi connectivity index (χ4n) is 3.76. The van der Waals surface area contributed by atoms with E-state index in [-0.39, 0.29) is 5.97 Å². The van der Waals surface area contributed by atoms with Crippen LogP contribution in [0.15, 0.2) is 91.0 Å². The van der Waals surface area contributed by atoms with Crippen LogP contribution in [0.25, 0.3) is 0 Å². The van der Waals surface area contributed by atoms with Crippen molar-refractivity contribution in [1.29, 1.82) is 0 Å². The van der Waals surface area contributed by atoms with Crippen LogP contribution in [0.3, 0.4) is 0 Å². The number of hydrogen-bond acceptors (Lipinski definition) is 2. The topological polar surface area (TPSA) is 21.3 Å². The number of hydrogen-bond donors (Lipinski definition) is 1. The molecular formula is C21H22Cl3NOPRh. The molecule has 1 aliphatic heterocycles. The second-order valence-corrected chi connectivity index (χ2v) is 17.6. The Kier molecular flexibility index (Phi) is 8.76. The van der Waals surface area contributed by atoms with Crippen molar-refractivity contribution >= 4 is 52.2 Å². The average molecular weight is 545 g/mol. The van der Waals surface area contributed by atoms with Gasteiger partial charge in [0.1, 0.15) is 0 Å². The van der Waals surface area contributed by atoms with E-state index in [1.54, 1.807) is 0 Å². The van der Waals surface area contributed by atoms with Crippen molar-refractivity contribution in [2.24, 2.45) is 0 Å². The van der Waals surface area contributed by atoms with Crippen LogP contribution in [0.4, 0.5) is 0 Å². The molecule has 0 saturated carbocycles. The fraction of sp³-hybridized carbons (Fsp3) is 0.143. The Bertz CT molecular complexity index is 735. The van der Waals surface area contributed by atoms with E-state index in [1.165, 1.54) is 15.9 Å². The molecule has 2 nitrogen and oxygen atoms in total. The first-order valence-corrected chi connectivity index (χ1v) is 17.2. The van der Waals surface area contributed by atoms with Gasteiger partial charge >= 0.3 is 185 Å². The second kappa shape index (κ2) is 11.0. The maximum absolute atomic E-state index is 6.23. The van der Waals surface area contributed by atoms with Gasteiger partial charge in [0.05, 0.1) is 0 Å². The zero-order valence-corrected chi connectivity index (χ0v) is 19.9. The Labute approximate surface area is 184 Å². The van der Waals surface area contributed by atoms with E-state index in [0.717, 1.165) is 13.2 Å². The van der Waals surface area contributed by atoms with E-state index in [2.05, 4.69) is 96.3 Å². The molecule has 1 atom stereocenters. The monoisotopic (exact) mass is 543 g/mol. The number of rotatable bonds is 4. The molecule has 152 valence electrons. The molecule has 28 heavy (non-hydrogen) atoms. The van der Waals surface area contributed by atoms with Gasteiger partial charge in [-0.15, -0.1) is 0 Å². The molecule has 1 unspecified atom stereocenters. The molecule has 1 heterocycles. The Hall–Kier alpha value is -0.497. The van der Waals surface area contributed by atoms with Crippen molar-refractivity contribution in [2.75, 3.05) is 13.2 Å². The fourth-order valence-corrected chi connectivity index (χ4v) is 8.64. The Morgan fingerprint density at radius 1 is 0.714 bits per heavy atom. The zero-order valence-electron chi connectivity index (χ0n) is 15.0. The van der Waals surface area contributed by atoms with E-state index < -0.39 is 20.2 Å². The normalized spacial score (nSPS) is 17.4. The Morgan fingerprint density at radius 2 is 1.07 bits per heavy atom. The number of halogens is 3. The minimum absolute atomic E-state index is 0.0460. The molecule has 0 bridgehead atoms. The number of benzene rings is 3. The van der Waals surface area contributed by atoms with Gasteiger partial charge < -0.3 is 0 Å². The van der Waals surface area contributed by atoms with Gasteiger partial charge in [0.25, 0.3) is 0 Å². The molecule has 7 heteroatoms. The number of nitrogens with one attached hydrogen (secondary N) is 1. The summed E-state index contributed by atoms with van der Waals surface area (Å²) in [5.41, 5.74) is 0. The summed E-state index contributed by atoms with van der Waals surface area (Å²) in [7, 11) is 12.5. The van der Waals surface area contributed by atoms with Crippen molar-refractivity contribution in [1.82, 2.24) is 5.32 Å². The maximum atomic E-state index is 6.23. The third kappa shape index (κ3) is 5.15. The molecular weight excluding hydrogens is 522 g/mol. The van der Waals surface area contributed by atoms with Gasteiger partial charge in [-0.25, -0.2) is 0 Å². The molecule has 1 fully saturated rings. The van der Waals surface area contributed by atoms with Crippen molar-refractivity contribution in [3.05, 3.63) is 91.0 Å². The molecule has 3 aromatic rings. The SMILES string of the molecule is [Cl][Rh]([Cl])[Cl].c1ccc([PH](c2ccccc2)(c2ccccc2)C2NCCO2)cc1. The van der Waals surface area contributed by atoms with Crippen LogP contribution in [0.2, 0.25) is 0 Å². The second-order valence-electron chi connectivity index (χ2n) is 6.25. The van der Waals surface area contributed by atoms with Crippen LogP contribution in [-0.4, -0.2) is 19.1 Å². The van der Waals surface area contributed by atoms with Gasteiger partial charge in [-0.2, -0.15) is 0 Å². The van der Waals surface area contributed by atoms with Crippen molar-refractivity contribution in [3.63, 3.8) is 0 Å². The molecule has 1 aliphatic rings. The van der Waals surface area contributed by atoms with Gasteiger partial charge in [-0.3, -0.25) is 0 Å². The first-order valence-electron chi connectivity index (χ1n) is 8.82. The van der Waals surface area contributed by atoms with E-state index in [4.69, 9.17) is 33.8 Å². The van der Waals surface area contributed by atoms with E-state index in [1.807, 2.05) is 0 Å². The summed E-state index contributed by atoms with van der Waals surface area (Å²) in [5, 5.41) is 7.76. The summed E-state index contributed by atoms with van der Waals surface area (Å²) in [6.45, 7) is 1.68. The van der Waals surface area contributed by atoms with Gasteiger partial charge in [0, 0.05) is 0 Å². The van der Waals surface area contributed by atoms with Gasteiger partial charge in [-0.05, 0) is 0 Å². The quantitative estimate of drug-likeness (QED) is 0.381. The third-order valence-electron chi connectivity index (χ3n) is 4.80. The number of ether oxygens (including phenoxy) is 1. The standard InChI is InChI=1S/C21H22NOP.3ClH.Rh/c1-4-10-18(11-5-1)24(21-22-16-17-23-21,19-12-6-2-7-13-19)20-14-8-3-9-15-20;;;;/h1-15,21-22,24H,16-17H2;3*1H;/q;;;;+3/p-3. The summed E-state index contributed by atoms with van der Waals surface area (Å²) >= 11 is -1.66. The molecule has 3 aromatic carbocycles. The van der Waals surface area contributed by atoms with E-state index >= 15 is 0 Å². The van der Waals surface area contributed by atoms with E-state index in [0.29, 0.717) is 0 Å². The van der Waals surface area contributed by atoms with Crippen LogP contribution in [-0.2, 0) is 17.7 Å². The van der Waals surface area contributed by atoms with E-state index in [9.17, 15) is 0 Å². The average Bonchev–Trinajstić information content (AvgIpc) is 3.26. The Balaban J connectivity index is 0.000000516. The molecule has 4 rings (SSSR count). The molecule has 0 spiro atoms. The Morgan fingerprint density at radius 3 is 1.36 bits per heavy atom.